The maximum Gasteiger partial charge on any atom is 0.0993 e. The first-order valence-corrected chi connectivity index (χ1v) is 7.78. The summed E-state index contributed by atoms with van der Waals surface area (Å²) in [5.74, 6) is 0. The molecule has 0 rings (SSSR count). The second kappa shape index (κ2) is 18.0. The third-order valence-corrected chi connectivity index (χ3v) is 2.72. The van der Waals surface area contributed by atoms with E-state index in [0.717, 1.165) is 0 Å². The first kappa shape index (κ1) is 22.6. The van der Waals surface area contributed by atoms with Crippen LogP contribution >= 0.6 is 0 Å². The third-order valence-electron chi connectivity index (χ3n) is 2.72. The molecule has 0 spiro atoms. The van der Waals surface area contributed by atoms with E-state index in [2.05, 4.69) is 0 Å². The van der Waals surface area contributed by atoms with Crippen molar-refractivity contribution >= 4 is 0 Å². The molecule has 9 nitrogen and oxygen atoms in total. The highest BCUT2D eigenvalue weighted by atomic mass is 16.5. The summed E-state index contributed by atoms with van der Waals surface area (Å²) in [6, 6.07) is 0. The van der Waals surface area contributed by atoms with E-state index in [4.69, 9.17) is 34.3 Å². The summed E-state index contributed by atoms with van der Waals surface area (Å²) >= 11 is 0. The van der Waals surface area contributed by atoms with E-state index in [1.807, 2.05) is 4.90 Å². The fourth-order valence-corrected chi connectivity index (χ4v) is 1.62. The predicted octanol–water partition coefficient (Wildman–Crippen LogP) is -2.35. The molecule has 4 N–H and O–H groups in total. The van der Waals surface area contributed by atoms with Crippen molar-refractivity contribution in [3.8, 4) is 0 Å². The summed E-state index contributed by atoms with van der Waals surface area (Å²) in [7, 11) is 0. The van der Waals surface area contributed by atoms with E-state index >= 15 is 0 Å². The van der Waals surface area contributed by atoms with Gasteiger partial charge in [0.15, 0.2) is 0 Å². The Kier molecular flexibility index (Phi) is 17.7. The summed E-state index contributed by atoms with van der Waals surface area (Å²) in [6.45, 7) is 3.36. The molecule has 0 saturated carbocycles. The zero-order valence-corrected chi connectivity index (χ0v) is 13.6. The zero-order chi connectivity index (χ0) is 17.2. The molecule has 1 unspecified atom stereocenters. The second-order valence-corrected chi connectivity index (χ2v) is 4.74. The van der Waals surface area contributed by atoms with Crippen LogP contribution < -0.4 is 0 Å². The Morgan fingerprint density at radius 2 is 1.22 bits per heavy atom. The molecule has 0 radical (unpaired) electrons. The zero-order valence-electron chi connectivity index (χ0n) is 13.6. The standard InChI is InChI=1S/C14H31NO8/c16-2-5-21-8-7-20-4-1-15(11-14(19)12-18)13-23-10-9-22-6-3-17/h14,16-19H,1-13H2. The molecule has 23 heavy (non-hydrogen) atoms. The first-order valence-electron chi connectivity index (χ1n) is 7.78. The number of ether oxygens (including phenoxy) is 4. The maximum absolute atomic E-state index is 9.52. The van der Waals surface area contributed by atoms with Crippen LogP contribution in [0.5, 0.6) is 0 Å². The van der Waals surface area contributed by atoms with Crippen molar-refractivity contribution < 1.29 is 39.4 Å². The molecule has 0 aromatic rings. The van der Waals surface area contributed by atoms with E-state index in [1.165, 1.54) is 0 Å². The Morgan fingerprint density at radius 3 is 1.74 bits per heavy atom. The van der Waals surface area contributed by atoms with Crippen LogP contribution in [0.25, 0.3) is 0 Å². The van der Waals surface area contributed by atoms with Crippen molar-refractivity contribution in [1.82, 2.24) is 4.90 Å². The van der Waals surface area contributed by atoms with Gasteiger partial charge in [-0.05, 0) is 0 Å². The third kappa shape index (κ3) is 16.3. The molecule has 0 fully saturated rings. The minimum absolute atomic E-state index is 0.00775. The van der Waals surface area contributed by atoms with Crippen LogP contribution in [0.2, 0.25) is 0 Å². The minimum atomic E-state index is -0.836. The Bertz CT molecular complexity index is 235. The van der Waals surface area contributed by atoms with Gasteiger partial charge in [0, 0.05) is 13.1 Å². The van der Waals surface area contributed by atoms with Crippen LogP contribution in [0, 0.1) is 0 Å². The summed E-state index contributed by atoms with van der Waals surface area (Å²) < 4.78 is 20.9. The Morgan fingerprint density at radius 1 is 0.696 bits per heavy atom. The molecule has 0 heterocycles. The lowest BCUT2D eigenvalue weighted by Crippen LogP contribution is -2.38. The van der Waals surface area contributed by atoms with Gasteiger partial charge in [-0.15, -0.1) is 0 Å². The summed E-state index contributed by atoms with van der Waals surface area (Å²) in [4.78, 5) is 1.82. The van der Waals surface area contributed by atoms with Gasteiger partial charge in [0.05, 0.1) is 78.9 Å². The molecule has 0 amide bonds. The SMILES string of the molecule is OCCOCCOCCN(COCCOCCO)CC(O)CO. The predicted molar refractivity (Wildman–Crippen MR) is 82.1 cm³/mol. The number of hydrogen-bond donors (Lipinski definition) is 4. The quantitative estimate of drug-likeness (QED) is 0.160. The van der Waals surface area contributed by atoms with Gasteiger partial charge in [-0.25, -0.2) is 0 Å². The summed E-state index contributed by atoms with van der Waals surface area (Å²) in [5.41, 5.74) is 0. The van der Waals surface area contributed by atoms with Crippen LogP contribution in [0.3, 0.4) is 0 Å². The lowest BCUT2D eigenvalue weighted by molar-refractivity contribution is -0.0415. The molecular formula is C14H31NO8. The number of nitrogens with zero attached hydrogens (tertiary/aromatic N) is 1. The lowest BCUT2D eigenvalue weighted by Gasteiger charge is -2.24. The molecule has 0 saturated heterocycles. The highest BCUT2D eigenvalue weighted by Crippen LogP contribution is 1.95. The Balaban J connectivity index is 3.73. The van der Waals surface area contributed by atoms with Gasteiger partial charge in [0.1, 0.15) is 0 Å². The van der Waals surface area contributed by atoms with Gasteiger partial charge in [0.25, 0.3) is 0 Å². The van der Waals surface area contributed by atoms with Crippen molar-refractivity contribution in [3.63, 3.8) is 0 Å². The highest BCUT2D eigenvalue weighted by molar-refractivity contribution is 4.61. The first-order chi connectivity index (χ1) is 11.2. The van der Waals surface area contributed by atoms with E-state index < -0.39 is 6.10 Å². The van der Waals surface area contributed by atoms with Gasteiger partial charge < -0.3 is 39.4 Å². The van der Waals surface area contributed by atoms with Crippen molar-refractivity contribution in [3.05, 3.63) is 0 Å². The summed E-state index contributed by atoms with van der Waals surface area (Å²) in [6.07, 6.45) is -0.836. The van der Waals surface area contributed by atoms with Gasteiger partial charge >= 0.3 is 0 Å². The number of aliphatic hydroxyl groups is 4. The van der Waals surface area contributed by atoms with Crippen LogP contribution in [0.4, 0.5) is 0 Å². The van der Waals surface area contributed by atoms with Crippen LogP contribution in [0.1, 0.15) is 0 Å². The molecule has 140 valence electrons. The van der Waals surface area contributed by atoms with E-state index in [9.17, 15) is 5.11 Å². The molecule has 9 heteroatoms. The minimum Gasteiger partial charge on any atom is -0.394 e. The molecule has 0 aromatic carbocycles. The molecule has 0 aliphatic heterocycles. The molecule has 0 aliphatic rings. The largest absolute Gasteiger partial charge is 0.394 e. The van der Waals surface area contributed by atoms with E-state index in [0.29, 0.717) is 46.2 Å². The van der Waals surface area contributed by atoms with E-state index in [1.54, 1.807) is 0 Å². The average Bonchev–Trinajstić information content (AvgIpc) is 2.56. The molecule has 1 atom stereocenters. The Hall–Kier alpha value is -0.360. The maximum atomic E-state index is 9.52. The van der Waals surface area contributed by atoms with Gasteiger partial charge in [0.2, 0.25) is 0 Å². The lowest BCUT2D eigenvalue weighted by atomic mass is 10.3. The molecule has 0 aliphatic carbocycles. The normalized spacial score (nSPS) is 12.9. The fraction of sp³-hybridized carbons (Fsp3) is 1.00. The van der Waals surface area contributed by atoms with Gasteiger partial charge in [-0.2, -0.15) is 0 Å². The molecule has 0 bridgehead atoms. The second-order valence-electron chi connectivity index (χ2n) is 4.74. The van der Waals surface area contributed by atoms with Crippen LogP contribution in [0.15, 0.2) is 0 Å². The monoisotopic (exact) mass is 341 g/mol. The average molecular weight is 341 g/mol. The number of rotatable bonds is 18. The Labute approximate surface area is 137 Å². The smallest absolute Gasteiger partial charge is 0.0993 e. The van der Waals surface area contributed by atoms with Crippen molar-refractivity contribution in [1.29, 1.82) is 0 Å². The van der Waals surface area contributed by atoms with Gasteiger partial charge in [-0.3, -0.25) is 4.90 Å². The van der Waals surface area contributed by atoms with Crippen molar-refractivity contribution in [2.75, 3.05) is 85.9 Å². The molecular weight excluding hydrogens is 310 g/mol. The van der Waals surface area contributed by atoms with Crippen molar-refractivity contribution in [2.24, 2.45) is 0 Å². The molecule has 0 aromatic heterocycles. The van der Waals surface area contributed by atoms with E-state index in [-0.39, 0.29) is 39.7 Å². The number of hydrogen-bond acceptors (Lipinski definition) is 9. The fourth-order valence-electron chi connectivity index (χ4n) is 1.62. The topological polar surface area (TPSA) is 121 Å². The summed E-state index contributed by atoms with van der Waals surface area (Å²) in [5, 5.41) is 35.5. The highest BCUT2D eigenvalue weighted by Gasteiger charge is 2.11. The number of aliphatic hydroxyl groups excluding tert-OH is 4. The van der Waals surface area contributed by atoms with Crippen molar-refractivity contribution in [2.45, 2.75) is 6.10 Å². The van der Waals surface area contributed by atoms with Crippen LogP contribution in [-0.2, 0) is 18.9 Å². The van der Waals surface area contributed by atoms with Gasteiger partial charge in [-0.1, -0.05) is 0 Å². The van der Waals surface area contributed by atoms with Crippen LogP contribution in [-0.4, -0.2) is 117 Å².